The van der Waals surface area contributed by atoms with Gasteiger partial charge >= 0.3 is 0 Å². The summed E-state index contributed by atoms with van der Waals surface area (Å²) < 4.78 is 23.1. The van der Waals surface area contributed by atoms with Crippen LogP contribution < -0.4 is 4.74 Å². The highest BCUT2D eigenvalue weighted by Gasteiger charge is 2.35. The van der Waals surface area contributed by atoms with Gasteiger partial charge in [-0.25, -0.2) is 4.98 Å². The Hall–Kier alpha value is -2.12. The molecule has 0 aliphatic heterocycles. The van der Waals surface area contributed by atoms with Crippen LogP contribution in [0.25, 0.3) is 0 Å². The first-order valence-corrected chi connectivity index (χ1v) is 10.5. The van der Waals surface area contributed by atoms with E-state index in [2.05, 4.69) is 22.9 Å². The lowest BCUT2D eigenvalue weighted by molar-refractivity contribution is -0.126. The summed E-state index contributed by atoms with van der Waals surface area (Å²) in [6.45, 7) is 14.9. The lowest BCUT2D eigenvalue weighted by Gasteiger charge is -2.39. The van der Waals surface area contributed by atoms with Crippen LogP contribution in [0.15, 0.2) is 12.3 Å². The maximum Gasteiger partial charge on any atom is 0.155 e. The van der Waals surface area contributed by atoms with Gasteiger partial charge in [0.15, 0.2) is 5.75 Å². The third kappa shape index (κ3) is 8.32. The molecule has 6 nitrogen and oxygen atoms in total. The molecule has 1 aliphatic rings. The SMILES string of the molecule is CC(C)OCCOC(C)(C)C#Cc1cc(C#N)c(OC2CC(OC(C)(C)C)C2)cn1. The smallest absolute Gasteiger partial charge is 0.155 e. The van der Waals surface area contributed by atoms with Crippen molar-refractivity contribution < 1.29 is 18.9 Å². The summed E-state index contributed by atoms with van der Waals surface area (Å²) in [5.41, 5.74) is 0.141. The second-order valence-corrected chi connectivity index (χ2v) is 9.27. The highest BCUT2D eigenvalue weighted by Crippen LogP contribution is 2.32. The van der Waals surface area contributed by atoms with Crippen molar-refractivity contribution in [1.29, 1.82) is 5.26 Å². The van der Waals surface area contributed by atoms with E-state index in [4.69, 9.17) is 18.9 Å². The first-order valence-electron chi connectivity index (χ1n) is 10.5. The summed E-state index contributed by atoms with van der Waals surface area (Å²) in [6, 6.07) is 3.83. The molecule has 0 bridgehead atoms. The first kappa shape index (κ1) is 24.2. The van der Waals surface area contributed by atoms with Crippen molar-refractivity contribution >= 4 is 0 Å². The number of aromatic nitrogens is 1. The lowest BCUT2D eigenvalue weighted by Crippen LogP contribution is -2.43. The van der Waals surface area contributed by atoms with E-state index in [1.807, 2.05) is 48.5 Å². The van der Waals surface area contributed by atoms with E-state index in [0.717, 1.165) is 12.8 Å². The topological polar surface area (TPSA) is 73.6 Å². The molecule has 2 rings (SSSR count). The minimum absolute atomic E-state index is 0.0450. The van der Waals surface area contributed by atoms with Gasteiger partial charge in [0, 0.05) is 12.8 Å². The normalized spacial score (nSPS) is 18.9. The van der Waals surface area contributed by atoms with Crippen LogP contribution in [0, 0.1) is 23.2 Å². The van der Waals surface area contributed by atoms with Crippen molar-refractivity contribution in [2.45, 2.75) is 90.8 Å². The van der Waals surface area contributed by atoms with Crippen LogP contribution in [-0.4, -0.2) is 47.7 Å². The van der Waals surface area contributed by atoms with Crippen LogP contribution in [0.5, 0.6) is 5.75 Å². The number of hydrogen-bond donors (Lipinski definition) is 0. The van der Waals surface area contributed by atoms with Crippen molar-refractivity contribution in [2.75, 3.05) is 13.2 Å². The largest absolute Gasteiger partial charge is 0.487 e. The predicted octanol–water partition coefficient (Wildman–Crippen LogP) is 4.25. The number of pyridine rings is 1. The van der Waals surface area contributed by atoms with Crippen molar-refractivity contribution in [3.05, 3.63) is 23.5 Å². The molecule has 0 aromatic carbocycles. The van der Waals surface area contributed by atoms with E-state index >= 15 is 0 Å². The van der Waals surface area contributed by atoms with Crippen LogP contribution in [0.2, 0.25) is 0 Å². The van der Waals surface area contributed by atoms with Gasteiger partial charge in [0.25, 0.3) is 0 Å². The number of hydrogen-bond acceptors (Lipinski definition) is 6. The van der Waals surface area contributed by atoms with Crippen molar-refractivity contribution in [3.63, 3.8) is 0 Å². The van der Waals surface area contributed by atoms with E-state index in [1.165, 1.54) is 0 Å². The number of nitrogens with zero attached hydrogens (tertiary/aromatic N) is 2. The molecule has 1 aliphatic carbocycles. The summed E-state index contributed by atoms with van der Waals surface area (Å²) in [5, 5.41) is 9.50. The van der Waals surface area contributed by atoms with Gasteiger partial charge in [-0.15, -0.1) is 0 Å². The zero-order valence-electron chi connectivity index (χ0n) is 19.2. The Bertz CT molecular complexity index is 803. The second kappa shape index (κ2) is 10.3. The molecule has 0 saturated heterocycles. The van der Waals surface area contributed by atoms with Crippen LogP contribution in [0.1, 0.15) is 72.6 Å². The third-order valence-corrected chi connectivity index (χ3v) is 4.34. The van der Waals surface area contributed by atoms with Gasteiger partial charge in [-0.2, -0.15) is 5.26 Å². The Morgan fingerprint density at radius 1 is 1.13 bits per heavy atom. The van der Waals surface area contributed by atoms with E-state index < -0.39 is 5.60 Å². The summed E-state index contributed by atoms with van der Waals surface area (Å²) >= 11 is 0. The van der Waals surface area contributed by atoms with Gasteiger partial charge in [-0.1, -0.05) is 5.92 Å². The number of ether oxygens (including phenoxy) is 4. The minimum atomic E-state index is -0.641. The molecule has 0 amide bonds. The molecule has 0 N–H and O–H groups in total. The molecule has 1 saturated carbocycles. The molecule has 1 heterocycles. The maximum absolute atomic E-state index is 9.50. The fourth-order valence-corrected chi connectivity index (χ4v) is 2.91. The molecule has 6 heteroatoms. The van der Waals surface area contributed by atoms with Crippen molar-refractivity contribution in [2.24, 2.45) is 0 Å². The van der Waals surface area contributed by atoms with Crippen LogP contribution >= 0.6 is 0 Å². The summed E-state index contributed by atoms with van der Waals surface area (Å²) in [6.07, 6.45) is 3.63. The summed E-state index contributed by atoms with van der Waals surface area (Å²) in [7, 11) is 0. The number of rotatable bonds is 8. The third-order valence-electron chi connectivity index (χ3n) is 4.34. The van der Waals surface area contributed by atoms with Gasteiger partial charge in [-0.05, 0) is 60.5 Å². The molecule has 0 atom stereocenters. The average Bonchev–Trinajstić information content (AvgIpc) is 2.61. The van der Waals surface area contributed by atoms with Gasteiger partial charge in [-0.3, -0.25) is 0 Å². The second-order valence-electron chi connectivity index (χ2n) is 9.27. The molecule has 1 fully saturated rings. The molecular weight excluding hydrogens is 380 g/mol. The van der Waals surface area contributed by atoms with Crippen LogP contribution in [-0.2, 0) is 14.2 Å². The fraction of sp³-hybridized carbons (Fsp3) is 0.667. The Balaban J connectivity index is 1.92. The molecule has 1 aromatic rings. The Labute approximate surface area is 180 Å². The Morgan fingerprint density at radius 2 is 1.83 bits per heavy atom. The van der Waals surface area contributed by atoms with E-state index in [0.29, 0.717) is 30.2 Å². The molecule has 30 heavy (non-hydrogen) atoms. The van der Waals surface area contributed by atoms with Crippen LogP contribution in [0.4, 0.5) is 0 Å². The standard InChI is InChI=1S/C24H34N2O4/c1-17(2)27-10-11-28-24(6,7)9-8-19-12-18(15-25)22(16-26-19)29-20-13-21(14-20)30-23(3,4)5/h12,16-17,20-21H,10-11,13-14H2,1-7H3. The van der Waals surface area contributed by atoms with E-state index in [1.54, 1.807) is 12.3 Å². The van der Waals surface area contributed by atoms with Crippen molar-refractivity contribution in [1.82, 2.24) is 4.98 Å². The maximum atomic E-state index is 9.50. The summed E-state index contributed by atoms with van der Waals surface area (Å²) in [5.74, 6) is 6.55. The zero-order valence-corrected chi connectivity index (χ0v) is 19.2. The molecule has 0 spiro atoms. The zero-order chi connectivity index (χ0) is 22.4. The van der Waals surface area contributed by atoms with Gasteiger partial charge in [0.05, 0.1) is 42.8 Å². The minimum Gasteiger partial charge on any atom is -0.487 e. The monoisotopic (exact) mass is 414 g/mol. The lowest BCUT2D eigenvalue weighted by atomic mass is 9.91. The van der Waals surface area contributed by atoms with E-state index in [-0.39, 0.29) is 23.9 Å². The van der Waals surface area contributed by atoms with Crippen LogP contribution in [0.3, 0.4) is 0 Å². The summed E-state index contributed by atoms with van der Waals surface area (Å²) in [4.78, 5) is 4.34. The highest BCUT2D eigenvalue weighted by atomic mass is 16.5. The van der Waals surface area contributed by atoms with Gasteiger partial charge in [0.1, 0.15) is 23.5 Å². The highest BCUT2D eigenvalue weighted by molar-refractivity contribution is 5.46. The molecule has 0 radical (unpaired) electrons. The molecule has 0 unspecified atom stereocenters. The number of nitriles is 1. The average molecular weight is 415 g/mol. The predicted molar refractivity (Wildman–Crippen MR) is 115 cm³/mol. The molecular formula is C24H34N2O4. The van der Waals surface area contributed by atoms with Crippen molar-refractivity contribution in [3.8, 4) is 23.7 Å². The van der Waals surface area contributed by atoms with E-state index in [9.17, 15) is 5.26 Å². The first-order chi connectivity index (χ1) is 14.0. The van der Waals surface area contributed by atoms with Gasteiger partial charge in [0.2, 0.25) is 0 Å². The van der Waals surface area contributed by atoms with Gasteiger partial charge < -0.3 is 18.9 Å². The fourth-order valence-electron chi connectivity index (χ4n) is 2.91. The Kier molecular flexibility index (Phi) is 8.26. The molecule has 164 valence electrons. The molecule has 1 aromatic heterocycles. The quantitative estimate of drug-likeness (QED) is 0.468. The Morgan fingerprint density at radius 3 is 2.43 bits per heavy atom.